The molecule has 0 unspecified atom stereocenters. The van der Waals surface area contributed by atoms with Crippen LogP contribution in [0.5, 0.6) is 0 Å². The van der Waals surface area contributed by atoms with Gasteiger partial charge in [0, 0.05) is 38.1 Å². The van der Waals surface area contributed by atoms with Crippen molar-refractivity contribution in [3.8, 4) is 0 Å². The van der Waals surface area contributed by atoms with Gasteiger partial charge in [0.05, 0.1) is 6.04 Å². The van der Waals surface area contributed by atoms with Crippen LogP contribution in [0, 0.1) is 5.92 Å². The van der Waals surface area contributed by atoms with Crippen LogP contribution < -0.4 is 5.32 Å². The largest absolute Gasteiger partial charge is 0.364 e. The number of nitrogens with zero attached hydrogens (tertiary/aromatic N) is 1. The highest BCUT2D eigenvalue weighted by molar-refractivity contribution is 5.85. The van der Waals surface area contributed by atoms with Gasteiger partial charge in [-0.3, -0.25) is 4.90 Å². The Kier molecular flexibility index (Phi) is 7.22. The maximum Gasteiger partial charge on any atom is 0.0527 e. The average Bonchev–Trinajstić information content (AvgIpc) is 3.04. The summed E-state index contributed by atoms with van der Waals surface area (Å²) in [5.74, 6) is 0.867. The van der Waals surface area contributed by atoms with E-state index in [0.29, 0.717) is 6.04 Å². The van der Waals surface area contributed by atoms with E-state index < -0.39 is 0 Å². The summed E-state index contributed by atoms with van der Waals surface area (Å²) in [5, 5.41) is 3.45. The Bertz CT molecular complexity index is 330. The summed E-state index contributed by atoms with van der Waals surface area (Å²) in [6.07, 6.45) is 7.74. The third-order valence-corrected chi connectivity index (χ3v) is 4.33. The van der Waals surface area contributed by atoms with Crippen LogP contribution in [0.2, 0.25) is 0 Å². The molecule has 1 aromatic heterocycles. The zero-order valence-electron chi connectivity index (χ0n) is 11.3. The lowest BCUT2D eigenvalue weighted by Gasteiger charge is -2.37. The van der Waals surface area contributed by atoms with Gasteiger partial charge in [-0.15, -0.1) is 24.8 Å². The molecule has 110 valence electrons. The van der Waals surface area contributed by atoms with Crippen molar-refractivity contribution in [2.75, 3.05) is 26.2 Å². The van der Waals surface area contributed by atoms with Gasteiger partial charge in [-0.2, -0.15) is 0 Å². The van der Waals surface area contributed by atoms with Gasteiger partial charge >= 0.3 is 0 Å². The standard InChI is InChI=1S/C14H23N3.2ClH/c1-2-5-12(4-1)14(13-6-3-7-16-13)17-10-8-15-9-11-17;;/h3,6-7,12,14-16H,1-2,4-5,8-11H2;2*1H/t14-;;/m1../s1. The summed E-state index contributed by atoms with van der Waals surface area (Å²) >= 11 is 0. The SMILES string of the molecule is Cl.Cl.c1c[nH]c([C@@H](C2CCCC2)N2CCNCC2)c1. The number of aromatic amines is 1. The van der Waals surface area contributed by atoms with Crippen LogP contribution in [-0.2, 0) is 0 Å². The van der Waals surface area contributed by atoms with Crippen LogP contribution in [0.4, 0.5) is 0 Å². The summed E-state index contributed by atoms with van der Waals surface area (Å²) in [5.41, 5.74) is 1.43. The molecule has 0 amide bonds. The van der Waals surface area contributed by atoms with E-state index in [1.54, 1.807) is 0 Å². The number of piperazine rings is 1. The number of nitrogens with one attached hydrogen (secondary N) is 2. The van der Waals surface area contributed by atoms with Gasteiger partial charge in [0.1, 0.15) is 0 Å². The van der Waals surface area contributed by atoms with Crippen LogP contribution in [0.3, 0.4) is 0 Å². The van der Waals surface area contributed by atoms with E-state index in [-0.39, 0.29) is 24.8 Å². The van der Waals surface area contributed by atoms with E-state index in [0.717, 1.165) is 19.0 Å². The molecule has 2 heterocycles. The first-order valence-corrected chi connectivity index (χ1v) is 7.03. The summed E-state index contributed by atoms with van der Waals surface area (Å²) in [6.45, 7) is 4.67. The highest BCUT2D eigenvalue weighted by Crippen LogP contribution is 2.38. The Hall–Kier alpha value is -0.220. The quantitative estimate of drug-likeness (QED) is 0.899. The first-order valence-electron chi connectivity index (χ1n) is 7.03. The summed E-state index contributed by atoms with van der Waals surface area (Å²) in [7, 11) is 0. The number of hydrogen-bond donors (Lipinski definition) is 2. The summed E-state index contributed by atoms with van der Waals surface area (Å²) < 4.78 is 0. The molecule has 1 saturated carbocycles. The van der Waals surface area contributed by atoms with E-state index in [1.165, 1.54) is 44.5 Å². The lowest BCUT2D eigenvalue weighted by molar-refractivity contribution is 0.123. The second-order valence-electron chi connectivity index (χ2n) is 5.40. The molecule has 0 aromatic carbocycles. The van der Waals surface area contributed by atoms with E-state index >= 15 is 0 Å². The average molecular weight is 306 g/mol. The van der Waals surface area contributed by atoms with Crippen LogP contribution in [-0.4, -0.2) is 36.1 Å². The number of hydrogen-bond acceptors (Lipinski definition) is 2. The van der Waals surface area contributed by atoms with Crippen molar-refractivity contribution in [3.63, 3.8) is 0 Å². The second-order valence-corrected chi connectivity index (χ2v) is 5.40. The molecule has 2 N–H and O–H groups in total. The molecule has 1 aliphatic carbocycles. The van der Waals surface area contributed by atoms with Gasteiger partial charge < -0.3 is 10.3 Å². The first-order chi connectivity index (χ1) is 8.45. The fourth-order valence-electron chi connectivity index (χ4n) is 3.51. The second kappa shape index (κ2) is 8.15. The molecule has 0 radical (unpaired) electrons. The van der Waals surface area contributed by atoms with E-state index in [4.69, 9.17) is 0 Å². The molecule has 19 heavy (non-hydrogen) atoms. The van der Waals surface area contributed by atoms with Crippen LogP contribution in [0.1, 0.15) is 37.4 Å². The van der Waals surface area contributed by atoms with Gasteiger partial charge in [-0.05, 0) is 30.9 Å². The molecule has 1 atom stereocenters. The predicted octanol–water partition coefficient (Wildman–Crippen LogP) is 2.99. The molecule has 2 fully saturated rings. The smallest absolute Gasteiger partial charge is 0.0527 e. The van der Waals surface area contributed by atoms with Crippen molar-refractivity contribution in [2.24, 2.45) is 5.92 Å². The van der Waals surface area contributed by atoms with Crippen molar-refractivity contribution in [3.05, 3.63) is 24.0 Å². The lowest BCUT2D eigenvalue weighted by Crippen LogP contribution is -2.46. The Balaban J connectivity index is 0.000000902. The van der Waals surface area contributed by atoms with Gasteiger partial charge in [0.15, 0.2) is 0 Å². The van der Waals surface area contributed by atoms with Gasteiger partial charge in [-0.1, -0.05) is 12.8 Å². The Labute approximate surface area is 128 Å². The maximum absolute atomic E-state index is 3.45. The molecule has 1 aromatic rings. The van der Waals surface area contributed by atoms with Gasteiger partial charge in [0.2, 0.25) is 0 Å². The van der Waals surface area contributed by atoms with Crippen molar-refractivity contribution < 1.29 is 0 Å². The zero-order chi connectivity index (χ0) is 11.5. The van der Waals surface area contributed by atoms with Crippen LogP contribution in [0.15, 0.2) is 18.3 Å². The number of H-pyrrole nitrogens is 1. The highest BCUT2D eigenvalue weighted by atomic mass is 35.5. The maximum atomic E-state index is 3.45. The molecule has 3 nitrogen and oxygen atoms in total. The van der Waals surface area contributed by atoms with Crippen molar-refractivity contribution >= 4 is 24.8 Å². The van der Waals surface area contributed by atoms with E-state index in [1.807, 2.05) is 0 Å². The topological polar surface area (TPSA) is 31.1 Å². The molecular weight excluding hydrogens is 281 g/mol. The summed E-state index contributed by atoms with van der Waals surface area (Å²) in [4.78, 5) is 6.13. The zero-order valence-corrected chi connectivity index (χ0v) is 12.9. The Morgan fingerprint density at radius 3 is 2.37 bits per heavy atom. The van der Waals surface area contributed by atoms with Gasteiger partial charge in [0.25, 0.3) is 0 Å². The van der Waals surface area contributed by atoms with E-state index in [2.05, 4.69) is 33.5 Å². The number of aromatic nitrogens is 1. The van der Waals surface area contributed by atoms with E-state index in [9.17, 15) is 0 Å². The van der Waals surface area contributed by atoms with Crippen molar-refractivity contribution in [1.29, 1.82) is 0 Å². The molecule has 2 aliphatic rings. The predicted molar refractivity (Wildman–Crippen MR) is 84.4 cm³/mol. The highest BCUT2D eigenvalue weighted by Gasteiger charge is 2.32. The number of halogens is 2. The fraction of sp³-hybridized carbons (Fsp3) is 0.714. The Morgan fingerprint density at radius 2 is 1.79 bits per heavy atom. The molecule has 5 heteroatoms. The van der Waals surface area contributed by atoms with Crippen LogP contribution >= 0.6 is 24.8 Å². The normalized spacial score (nSPS) is 22.5. The van der Waals surface area contributed by atoms with Crippen LogP contribution in [0.25, 0.3) is 0 Å². The summed E-state index contributed by atoms with van der Waals surface area (Å²) in [6, 6.07) is 5.04. The molecule has 1 aliphatic heterocycles. The Morgan fingerprint density at radius 1 is 1.11 bits per heavy atom. The van der Waals surface area contributed by atoms with Crippen molar-refractivity contribution in [1.82, 2.24) is 15.2 Å². The molecular formula is C14H25Cl2N3. The number of rotatable bonds is 3. The lowest BCUT2D eigenvalue weighted by atomic mass is 9.93. The molecule has 0 bridgehead atoms. The third kappa shape index (κ3) is 3.88. The minimum absolute atomic E-state index is 0. The van der Waals surface area contributed by atoms with Crippen molar-refractivity contribution in [2.45, 2.75) is 31.7 Å². The molecule has 1 saturated heterocycles. The molecule has 0 spiro atoms. The van der Waals surface area contributed by atoms with Gasteiger partial charge in [-0.25, -0.2) is 0 Å². The molecule has 3 rings (SSSR count). The monoisotopic (exact) mass is 305 g/mol. The first kappa shape index (κ1) is 16.8. The fourth-order valence-corrected chi connectivity index (χ4v) is 3.51. The minimum Gasteiger partial charge on any atom is -0.364 e. The third-order valence-electron chi connectivity index (χ3n) is 4.33. The minimum atomic E-state index is 0.